The van der Waals surface area contributed by atoms with Crippen LogP contribution in [0.3, 0.4) is 0 Å². The molecule has 0 aliphatic rings. The summed E-state index contributed by atoms with van der Waals surface area (Å²) in [5, 5.41) is 8.41. The van der Waals surface area contributed by atoms with Crippen molar-refractivity contribution >= 4 is 22.6 Å². The third kappa shape index (κ3) is 1.50. The van der Waals surface area contributed by atoms with Gasteiger partial charge in [0.05, 0.1) is 9.13 Å². The zero-order valence-corrected chi connectivity index (χ0v) is 8.62. The molecule has 1 aromatic rings. The van der Waals surface area contributed by atoms with Crippen molar-refractivity contribution in [1.82, 2.24) is 0 Å². The number of benzene rings is 1. The molecule has 0 aliphatic heterocycles. The first-order valence-electron chi connectivity index (χ1n) is 3.23. The predicted octanol–water partition coefficient (Wildman–Crippen LogP) is 2.89. The number of hydrogen-bond acceptors (Lipinski definition) is 1. The molecular formula is C8H3F3IN. The number of hydrogen-bond donors (Lipinski definition) is 0. The van der Waals surface area contributed by atoms with E-state index in [4.69, 9.17) is 5.26 Å². The van der Waals surface area contributed by atoms with Crippen LogP contribution in [0.2, 0.25) is 0 Å². The van der Waals surface area contributed by atoms with Crippen molar-refractivity contribution in [3.05, 3.63) is 32.1 Å². The van der Waals surface area contributed by atoms with Crippen molar-refractivity contribution in [1.29, 1.82) is 5.26 Å². The van der Waals surface area contributed by atoms with Crippen LogP contribution in [0.5, 0.6) is 0 Å². The van der Waals surface area contributed by atoms with Crippen molar-refractivity contribution in [3.63, 3.8) is 0 Å². The van der Waals surface area contributed by atoms with Crippen LogP contribution >= 0.6 is 22.6 Å². The maximum absolute atomic E-state index is 13.1. The van der Waals surface area contributed by atoms with Gasteiger partial charge in [0, 0.05) is 5.56 Å². The van der Waals surface area contributed by atoms with E-state index in [0.717, 1.165) is 0 Å². The lowest BCUT2D eigenvalue weighted by molar-refractivity contribution is 0.481. The lowest BCUT2D eigenvalue weighted by Gasteiger charge is -2.04. The van der Waals surface area contributed by atoms with Crippen molar-refractivity contribution in [2.45, 2.75) is 6.92 Å². The minimum Gasteiger partial charge on any atom is -0.205 e. The highest BCUT2D eigenvalue weighted by Gasteiger charge is 2.20. The van der Waals surface area contributed by atoms with Gasteiger partial charge in [0.2, 0.25) is 0 Å². The van der Waals surface area contributed by atoms with Gasteiger partial charge in [-0.15, -0.1) is 0 Å². The zero-order valence-electron chi connectivity index (χ0n) is 6.46. The molecule has 0 saturated carbocycles. The van der Waals surface area contributed by atoms with E-state index in [1.54, 1.807) is 0 Å². The molecule has 0 radical (unpaired) electrons. The van der Waals surface area contributed by atoms with Gasteiger partial charge in [0.1, 0.15) is 11.9 Å². The minimum absolute atomic E-state index is 0.161. The molecule has 0 saturated heterocycles. The molecule has 1 nitrogen and oxygen atoms in total. The van der Waals surface area contributed by atoms with Gasteiger partial charge < -0.3 is 0 Å². The fourth-order valence-corrected chi connectivity index (χ4v) is 1.52. The van der Waals surface area contributed by atoms with E-state index in [9.17, 15) is 13.2 Å². The Balaban J connectivity index is 3.69. The maximum atomic E-state index is 13.1. The first kappa shape index (κ1) is 10.3. The van der Waals surface area contributed by atoms with Gasteiger partial charge in [-0.1, -0.05) is 0 Å². The Morgan fingerprint density at radius 1 is 1.15 bits per heavy atom. The molecule has 0 N–H and O–H groups in total. The SMILES string of the molecule is Cc1c(F)c(I)c(F)c(F)c1C#N. The largest absolute Gasteiger partial charge is 0.205 e. The molecule has 0 aliphatic carbocycles. The summed E-state index contributed by atoms with van der Waals surface area (Å²) in [4.78, 5) is 0. The summed E-state index contributed by atoms with van der Waals surface area (Å²) in [5.41, 5.74) is -0.735. The van der Waals surface area contributed by atoms with Crippen molar-refractivity contribution in [3.8, 4) is 6.07 Å². The lowest BCUT2D eigenvalue weighted by Crippen LogP contribution is -2.02. The first-order chi connectivity index (χ1) is 6.00. The van der Waals surface area contributed by atoms with Crippen LogP contribution in [0.15, 0.2) is 0 Å². The molecule has 0 heterocycles. The lowest BCUT2D eigenvalue weighted by atomic mass is 10.1. The molecule has 0 spiro atoms. The first-order valence-corrected chi connectivity index (χ1v) is 4.31. The molecule has 0 bridgehead atoms. The second-order valence-electron chi connectivity index (χ2n) is 2.37. The van der Waals surface area contributed by atoms with Crippen molar-refractivity contribution in [2.24, 2.45) is 0 Å². The molecule has 1 rings (SSSR count). The Hall–Kier alpha value is -0.770. The Morgan fingerprint density at radius 2 is 1.69 bits per heavy atom. The molecular weight excluding hydrogens is 294 g/mol. The van der Waals surface area contributed by atoms with Crippen LogP contribution in [-0.4, -0.2) is 0 Å². The average molecular weight is 297 g/mol. The highest BCUT2D eigenvalue weighted by atomic mass is 127. The van der Waals surface area contributed by atoms with Crippen molar-refractivity contribution in [2.75, 3.05) is 0 Å². The smallest absolute Gasteiger partial charge is 0.178 e. The summed E-state index contributed by atoms with van der Waals surface area (Å²) in [6.45, 7) is 1.23. The van der Waals surface area contributed by atoms with Crippen LogP contribution in [-0.2, 0) is 0 Å². The van der Waals surface area contributed by atoms with Gasteiger partial charge >= 0.3 is 0 Å². The van der Waals surface area contributed by atoms with Crippen LogP contribution in [0.25, 0.3) is 0 Å². The van der Waals surface area contributed by atoms with Gasteiger partial charge in [-0.2, -0.15) is 5.26 Å². The Kier molecular flexibility index (Phi) is 2.81. The Labute approximate surface area is 86.3 Å². The van der Waals surface area contributed by atoms with E-state index < -0.39 is 26.6 Å². The standard InChI is InChI=1S/C8H3F3IN/c1-3-4(2-13)6(10)7(11)8(12)5(3)9/h1H3. The maximum Gasteiger partial charge on any atom is 0.178 e. The molecule has 0 unspecified atom stereocenters. The molecule has 0 atom stereocenters. The second kappa shape index (κ2) is 3.54. The predicted molar refractivity (Wildman–Crippen MR) is 48.5 cm³/mol. The average Bonchev–Trinajstić information content (AvgIpc) is 2.13. The van der Waals surface area contributed by atoms with E-state index in [2.05, 4.69) is 0 Å². The number of nitriles is 1. The van der Waals surface area contributed by atoms with Crippen LogP contribution in [0, 0.1) is 39.3 Å². The molecule has 1 aromatic carbocycles. The van der Waals surface area contributed by atoms with Crippen LogP contribution in [0.4, 0.5) is 13.2 Å². The normalized spacial score (nSPS) is 9.85. The fraction of sp³-hybridized carbons (Fsp3) is 0.125. The minimum atomic E-state index is -1.31. The molecule has 68 valence electrons. The van der Waals surface area contributed by atoms with Gasteiger partial charge in [-0.25, -0.2) is 13.2 Å². The summed E-state index contributed by atoms with van der Waals surface area (Å²) >= 11 is 1.35. The summed E-state index contributed by atoms with van der Waals surface area (Å²) in [6, 6.07) is 1.41. The third-order valence-corrected chi connectivity index (χ3v) is 2.56. The van der Waals surface area contributed by atoms with Gasteiger partial charge in [-0.05, 0) is 29.5 Å². The van der Waals surface area contributed by atoms with E-state index in [1.807, 2.05) is 0 Å². The molecule has 0 aromatic heterocycles. The molecule has 13 heavy (non-hydrogen) atoms. The molecule has 0 amide bonds. The summed E-state index contributed by atoms with van der Waals surface area (Å²) in [6.07, 6.45) is 0. The fourth-order valence-electron chi connectivity index (χ4n) is 0.874. The quantitative estimate of drug-likeness (QED) is 0.410. The number of halogens is 4. The van der Waals surface area contributed by atoms with Crippen molar-refractivity contribution < 1.29 is 13.2 Å². The molecule has 0 fully saturated rings. The van der Waals surface area contributed by atoms with Gasteiger partial charge in [0.25, 0.3) is 0 Å². The third-order valence-electron chi connectivity index (χ3n) is 1.61. The van der Waals surface area contributed by atoms with E-state index in [0.29, 0.717) is 0 Å². The van der Waals surface area contributed by atoms with E-state index in [-0.39, 0.29) is 5.56 Å². The second-order valence-corrected chi connectivity index (χ2v) is 3.45. The highest BCUT2D eigenvalue weighted by molar-refractivity contribution is 14.1. The van der Waals surface area contributed by atoms with Gasteiger partial charge in [0.15, 0.2) is 11.6 Å². The number of nitrogens with zero attached hydrogens (tertiary/aromatic N) is 1. The van der Waals surface area contributed by atoms with E-state index in [1.165, 1.54) is 35.6 Å². The summed E-state index contributed by atoms with van der Waals surface area (Å²) in [5.74, 6) is -3.47. The monoisotopic (exact) mass is 297 g/mol. The Morgan fingerprint density at radius 3 is 2.15 bits per heavy atom. The topological polar surface area (TPSA) is 23.8 Å². The van der Waals surface area contributed by atoms with E-state index >= 15 is 0 Å². The van der Waals surface area contributed by atoms with Crippen LogP contribution in [0.1, 0.15) is 11.1 Å². The van der Waals surface area contributed by atoms with Crippen LogP contribution < -0.4 is 0 Å². The zero-order chi connectivity index (χ0) is 10.2. The molecule has 5 heteroatoms. The van der Waals surface area contributed by atoms with Gasteiger partial charge in [-0.3, -0.25) is 0 Å². The Bertz CT molecular complexity index is 380. The summed E-state index contributed by atoms with van der Waals surface area (Å²) < 4.78 is 38.4. The number of rotatable bonds is 0. The highest BCUT2D eigenvalue weighted by Crippen LogP contribution is 2.24. The summed E-state index contributed by atoms with van der Waals surface area (Å²) in [7, 11) is 0.